The molecule has 5 atom stereocenters. The van der Waals surface area contributed by atoms with Gasteiger partial charge in [-0.25, -0.2) is 0 Å². The van der Waals surface area contributed by atoms with Gasteiger partial charge in [0.25, 0.3) is 0 Å². The molecule has 2 fully saturated rings. The van der Waals surface area contributed by atoms with Crippen LogP contribution < -0.4 is 0 Å². The standard InChI is InChI=1S/C30H61BO5Si2/c1-16-24(33-37(14,15)27(6,7)8)23(5)26-25(32-26)22-30(13,36-38(17-2,18-3)19-4)20-21-31-34-28(9,10)29(11,12)35-31/h20-21,23-26H,16-19,22H2,1-15H3/t23-,24+,25-,26-,30+/m1/s1. The average molecular weight is 569 g/mol. The van der Waals surface area contributed by atoms with E-state index in [9.17, 15) is 0 Å². The Morgan fingerprint density at radius 2 is 1.42 bits per heavy atom. The summed E-state index contributed by atoms with van der Waals surface area (Å²) < 4.78 is 33.0. The minimum absolute atomic E-state index is 0.173. The molecule has 0 radical (unpaired) electrons. The van der Waals surface area contributed by atoms with E-state index in [1.54, 1.807) is 0 Å². The summed E-state index contributed by atoms with van der Waals surface area (Å²) in [6.07, 6.45) is 4.65. The zero-order valence-electron chi connectivity index (χ0n) is 27.6. The topological polar surface area (TPSA) is 49.5 Å². The Morgan fingerprint density at radius 3 is 1.84 bits per heavy atom. The summed E-state index contributed by atoms with van der Waals surface area (Å²) in [5.41, 5.74) is -1.14. The Bertz CT molecular complexity index is 781. The highest BCUT2D eigenvalue weighted by Gasteiger charge is 2.53. The minimum Gasteiger partial charge on any atom is -0.414 e. The third-order valence-corrected chi connectivity index (χ3v) is 19.5. The maximum absolute atomic E-state index is 7.16. The van der Waals surface area contributed by atoms with Crippen LogP contribution in [0, 0.1) is 5.92 Å². The third-order valence-electron chi connectivity index (χ3n) is 10.2. The highest BCUT2D eigenvalue weighted by molar-refractivity contribution is 6.74. The lowest BCUT2D eigenvalue weighted by atomic mass is 9.85. The van der Waals surface area contributed by atoms with E-state index in [0.29, 0.717) is 5.92 Å². The summed E-state index contributed by atoms with van der Waals surface area (Å²) >= 11 is 0. The van der Waals surface area contributed by atoms with Gasteiger partial charge >= 0.3 is 7.12 Å². The molecule has 2 rings (SSSR count). The molecule has 0 aromatic rings. The lowest BCUT2D eigenvalue weighted by molar-refractivity contribution is 0.00578. The Kier molecular flexibility index (Phi) is 10.9. The second-order valence-corrected chi connectivity index (χ2v) is 24.1. The Labute approximate surface area is 238 Å². The molecule has 0 bridgehead atoms. The SMILES string of the molecule is CC[C@H](O[Si](C)(C)C(C)(C)C)[C@@H](C)[C@H]1O[C@@H]1C[C@](C)(C=CB1OC(C)(C)C(C)(C)O1)O[Si](CC)(CC)CC. The van der Waals surface area contributed by atoms with Crippen LogP contribution in [0.4, 0.5) is 0 Å². The third kappa shape index (κ3) is 7.86. The molecule has 0 aromatic heterocycles. The van der Waals surface area contributed by atoms with Crippen molar-refractivity contribution in [2.24, 2.45) is 5.92 Å². The summed E-state index contributed by atoms with van der Waals surface area (Å²) in [7, 11) is -4.09. The molecule has 8 heteroatoms. The summed E-state index contributed by atoms with van der Waals surface area (Å²) in [6.45, 7) is 33.7. The molecule has 0 aliphatic carbocycles. The fourth-order valence-electron chi connectivity index (χ4n) is 5.37. The van der Waals surface area contributed by atoms with Crippen molar-refractivity contribution in [3.63, 3.8) is 0 Å². The van der Waals surface area contributed by atoms with E-state index in [1.165, 1.54) is 0 Å². The molecule has 0 saturated carbocycles. The van der Waals surface area contributed by atoms with Crippen LogP contribution in [0.1, 0.15) is 103 Å². The number of rotatable bonds is 14. The molecular formula is C30H61BO5Si2. The lowest BCUT2D eigenvalue weighted by Crippen LogP contribution is -2.47. The first-order valence-electron chi connectivity index (χ1n) is 15.3. The Balaban J connectivity index is 2.21. The van der Waals surface area contributed by atoms with Crippen molar-refractivity contribution in [2.75, 3.05) is 0 Å². The molecule has 38 heavy (non-hydrogen) atoms. The van der Waals surface area contributed by atoms with Crippen LogP contribution in [-0.4, -0.2) is 58.9 Å². The van der Waals surface area contributed by atoms with Gasteiger partial charge in [0.15, 0.2) is 16.6 Å². The second kappa shape index (κ2) is 12.1. The van der Waals surface area contributed by atoms with Crippen LogP contribution in [0.5, 0.6) is 0 Å². The first kappa shape index (κ1) is 34.2. The van der Waals surface area contributed by atoms with Crippen molar-refractivity contribution >= 4 is 23.8 Å². The van der Waals surface area contributed by atoms with E-state index < -0.39 is 22.2 Å². The van der Waals surface area contributed by atoms with E-state index in [0.717, 1.165) is 31.0 Å². The van der Waals surface area contributed by atoms with Crippen LogP contribution in [0.15, 0.2) is 12.1 Å². The predicted molar refractivity (Wildman–Crippen MR) is 167 cm³/mol. The van der Waals surface area contributed by atoms with Gasteiger partial charge in [0, 0.05) is 18.4 Å². The molecule has 222 valence electrons. The zero-order valence-corrected chi connectivity index (χ0v) is 29.6. The highest BCUT2D eigenvalue weighted by Crippen LogP contribution is 2.44. The van der Waals surface area contributed by atoms with E-state index in [4.69, 9.17) is 22.9 Å². The Morgan fingerprint density at radius 1 is 0.921 bits per heavy atom. The van der Waals surface area contributed by atoms with Gasteiger partial charge < -0.3 is 22.9 Å². The van der Waals surface area contributed by atoms with Crippen LogP contribution in [-0.2, 0) is 22.9 Å². The smallest absolute Gasteiger partial charge is 0.414 e. The van der Waals surface area contributed by atoms with Crippen molar-refractivity contribution in [1.29, 1.82) is 0 Å². The van der Waals surface area contributed by atoms with Gasteiger partial charge in [-0.2, -0.15) is 0 Å². The van der Waals surface area contributed by atoms with Gasteiger partial charge in [-0.15, -0.1) is 0 Å². The highest BCUT2D eigenvalue weighted by atomic mass is 28.4. The van der Waals surface area contributed by atoms with Crippen molar-refractivity contribution in [1.82, 2.24) is 0 Å². The lowest BCUT2D eigenvalue weighted by Gasteiger charge is -2.41. The maximum atomic E-state index is 7.16. The van der Waals surface area contributed by atoms with Crippen molar-refractivity contribution in [3.8, 4) is 0 Å². The van der Waals surface area contributed by atoms with Crippen LogP contribution >= 0.6 is 0 Å². The maximum Gasteiger partial charge on any atom is 0.486 e. The molecule has 2 aliphatic heterocycles. The fraction of sp³-hybridized carbons (Fsp3) is 0.933. The first-order valence-corrected chi connectivity index (χ1v) is 20.7. The minimum atomic E-state index is -1.86. The predicted octanol–water partition coefficient (Wildman–Crippen LogP) is 8.55. The second-order valence-electron chi connectivity index (χ2n) is 14.7. The Hall–Kier alpha value is 0.0387. The average Bonchev–Trinajstić information content (AvgIpc) is 3.51. The van der Waals surface area contributed by atoms with Crippen LogP contribution in [0.2, 0.25) is 36.3 Å². The van der Waals surface area contributed by atoms with E-state index in [-0.39, 0.29) is 41.7 Å². The molecule has 0 aromatic carbocycles. The van der Waals surface area contributed by atoms with Gasteiger partial charge in [0.2, 0.25) is 0 Å². The van der Waals surface area contributed by atoms with Crippen LogP contribution in [0.3, 0.4) is 0 Å². The summed E-state index contributed by atoms with van der Waals surface area (Å²) in [5.74, 6) is 2.42. The molecule has 0 N–H and O–H groups in total. The van der Waals surface area contributed by atoms with Gasteiger partial charge in [0.05, 0.1) is 29.0 Å². The summed E-state index contributed by atoms with van der Waals surface area (Å²) in [6, 6.07) is 3.34. The zero-order chi connectivity index (χ0) is 29.4. The molecular weight excluding hydrogens is 507 g/mol. The fourth-order valence-corrected chi connectivity index (χ4v) is 9.93. The molecule has 2 aliphatic rings. The van der Waals surface area contributed by atoms with Crippen molar-refractivity contribution in [3.05, 3.63) is 12.1 Å². The normalized spacial score (nSPS) is 27.0. The monoisotopic (exact) mass is 568 g/mol. The molecule has 0 spiro atoms. The largest absolute Gasteiger partial charge is 0.486 e. The number of epoxide rings is 1. The molecule has 2 saturated heterocycles. The van der Waals surface area contributed by atoms with Gasteiger partial charge in [-0.3, -0.25) is 0 Å². The van der Waals surface area contributed by atoms with Crippen molar-refractivity contribution in [2.45, 2.75) is 174 Å². The van der Waals surface area contributed by atoms with Gasteiger partial charge in [0.1, 0.15) is 0 Å². The molecule has 2 heterocycles. The number of hydrogen-bond donors (Lipinski definition) is 0. The molecule has 0 amide bonds. The first-order chi connectivity index (χ1) is 17.2. The number of ether oxygens (including phenoxy) is 1. The van der Waals surface area contributed by atoms with Gasteiger partial charge in [-0.05, 0) is 77.3 Å². The molecule has 5 nitrogen and oxygen atoms in total. The van der Waals surface area contributed by atoms with E-state index in [2.05, 4.69) is 115 Å². The van der Waals surface area contributed by atoms with Crippen molar-refractivity contribution < 1.29 is 22.9 Å². The van der Waals surface area contributed by atoms with E-state index in [1.807, 2.05) is 0 Å². The summed E-state index contributed by atoms with van der Waals surface area (Å²) in [4.78, 5) is 0. The number of hydrogen-bond acceptors (Lipinski definition) is 5. The van der Waals surface area contributed by atoms with E-state index >= 15 is 0 Å². The van der Waals surface area contributed by atoms with Crippen LogP contribution in [0.25, 0.3) is 0 Å². The summed E-state index contributed by atoms with van der Waals surface area (Å²) in [5, 5.41) is 0.198. The quantitative estimate of drug-likeness (QED) is 0.155. The van der Waals surface area contributed by atoms with Gasteiger partial charge in [-0.1, -0.05) is 67.4 Å². The molecule has 0 unspecified atom stereocenters.